The number of carbonyl (C=O) groups excluding carboxylic acids is 1. The molecule has 8 heteroatoms. The normalized spacial score (nSPS) is 11.3. The molecule has 4 N–H and O–H groups in total. The molecule has 0 saturated heterocycles. The van der Waals surface area contributed by atoms with Crippen LogP contribution in [0.2, 0.25) is 19.6 Å². The number of hydrogen-bond acceptors (Lipinski definition) is 5. The molecule has 0 bridgehead atoms. The molecule has 0 saturated carbocycles. The minimum atomic E-state index is -1.68. The lowest BCUT2D eigenvalue weighted by molar-refractivity contribution is 0.100. The van der Waals surface area contributed by atoms with Gasteiger partial charge in [-0.1, -0.05) is 31.6 Å². The number of primary amides is 1. The van der Waals surface area contributed by atoms with Gasteiger partial charge in [-0.2, -0.15) is 0 Å². The molecule has 156 valence electrons. The zero-order chi connectivity index (χ0) is 22.4. The summed E-state index contributed by atoms with van der Waals surface area (Å²) in [5.41, 5.74) is 19.3. The van der Waals surface area contributed by atoms with Crippen molar-refractivity contribution in [3.8, 4) is 22.9 Å². The van der Waals surface area contributed by atoms with Crippen LogP contribution < -0.4 is 16.2 Å². The summed E-state index contributed by atoms with van der Waals surface area (Å²) in [5, 5.41) is 0.484. The lowest BCUT2D eigenvalue weighted by Crippen LogP contribution is -2.16. The minimum absolute atomic E-state index is 0.187. The van der Waals surface area contributed by atoms with E-state index < -0.39 is 14.0 Å². The van der Waals surface area contributed by atoms with Gasteiger partial charge >= 0.3 is 0 Å². The van der Waals surface area contributed by atoms with Gasteiger partial charge < -0.3 is 16.2 Å². The Morgan fingerprint density at radius 1 is 1.17 bits per heavy atom. The Balaban J connectivity index is 2.53. The fourth-order valence-electron chi connectivity index (χ4n) is 3.50. The lowest BCUT2D eigenvalue weighted by Gasteiger charge is -2.16. The van der Waals surface area contributed by atoms with E-state index in [1.165, 1.54) is 0 Å². The molecule has 2 heterocycles. The largest absolute Gasteiger partial charge is 0.496 e. The van der Waals surface area contributed by atoms with Gasteiger partial charge in [0.25, 0.3) is 5.91 Å². The second-order valence-electron chi connectivity index (χ2n) is 8.34. The Labute approximate surface area is 177 Å². The van der Waals surface area contributed by atoms with E-state index in [0.717, 1.165) is 16.8 Å². The highest BCUT2D eigenvalue weighted by atomic mass is 28.3. The van der Waals surface area contributed by atoms with Crippen molar-refractivity contribution in [1.82, 2.24) is 14.5 Å². The van der Waals surface area contributed by atoms with Gasteiger partial charge in [0, 0.05) is 5.56 Å². The zero-order valence-electron chi connectivity index (χ0n) is 18.5. The van der Waals surface area contributed by atoms with Crippen molar-refractivity contribution in [2.24, 2.45) is 5.73 Å². The number of rotatable bonds is 3. The van der Waals surface area contributed by atoms with Gasteiger partial charge in [-0.3, -0.25) is 9.36 Å². The quantitative estimate of drug-likeness (QED) is 0.498. The average Bonchev–Trinajstić information content (AvgIpc) is 2.92. The van der Waals surface area contributed by atoms with E-state index in [4.69, 9.17) is 16.2 Å². The molecule has 1 amide bonds. The maximum absolute atomic E-state index is 12.4. The van der Waals surface area contributed by atoms with Crippen LogP contribution in [0.4, 0.5) is 5.82 Å². The summed E-state index contributed by atoms with van der Waals surface area (Å²) in [7, 11) is -0.0677. The van der Waals surface area contributed by atoms with Gasteiger partial charge in [0.2, 0.25) is 0 Å². The van der Waals surface area contributed by atoms with Crippen molar-refractivity contribution in [3.63, 3.8) is 0 Å². The van der Waals surface area contributed by atoms with Crippen molar-refractivity contribution in [2.45, 2.75) is 40.4 Å². The Morgan fingerprint density at radius 3 is 2.40 bits per heavy atom. The Hall–Kier alpha value is -3.31. The predicted molar refractivity (Wildman–Crippen MR) is 123 cm³/mol. The van der Waals surface area contributed by atoms with E-state index in [2.05, 4.69) is 41.1 Å². The van der Waals surface area contributed by atoms with Crippen LogP contribution in [0.1, 0.15) is 33.0 Å². The third kappa shape index (κ3) is 3.64. The van der Waals surface area contributed by atoms with E-state index in [1.54, 1.807) is 18.6 Å². The maximum atomic E-state index is 12.4. The third-order valence-corrected chi connectivity index (χ3v) is 5.66. The van der Waals surface area contributed by atoms with E-state index in [-0.39, 0.29) is 11.4 Å². The molecule has 0 fully saturated rings. The standard InChI is InChI=1S/C22H27N5O2Si/c1-12-8-9-16(29-4)13(2)19(12)27-20(23)18(21(24)28)17-15(10-11-30(5,6)7)25-14(3)26-22(17)27/h8-9H,23H2,1-7H3,(H2,24,28). The van der Waals surface area contributed by atoms with Crippen LogP contribution in [0.3, 0.4) is 0 Å². The number of nitrogen functional groups attached to an aromatic ring is 1. The summed E-state index contributed by atoms with van der Waals surface area (Å²) >= 11 is 0. The van der Waals surface area contributed by atoms with Crippen molar-refractivity contribution < 1.29 is 9.53 Å². The van der Waals surface area contributed by atoms with E-state index >= 15 is 0 Å². The van der Waals surface area contributed by atoms with E-state index in [1.807, 2.05) is 26.0 Å². The fourth-order valence-corrected chi connectivity index (χ4v) is 3.99. The van der Waals surface area contributed by atoms with Crippen molar-refractivity contribution in [2.75, 3.05) is 12.8 Å². The summed E-state index contributed by atoms with van der Waals surface area (Å²) in [4.78, 5) is 21.6. The van der Waals surface area contributed by atoms with E-state index in [9.17, 15) is 4.79 Å². The highest BCUT2D eigenvalue weighted by molar-refractivity contribution is 6.83. The Bertz CT molecular complexity index is 1240. The highest BCUT2D eigenvalue weighted by Crippen LogP contribution is 2.36. The number of anilines is 1. The first-order valence-corrected chi connectivity index (χ1v) is 13.1. The second kappa shape index (κ2) is 7.50. The summed E-state index contributed by atoms with van der Waals surface area (Å²) < 4.78 is 7.26. The number of carbonyl (C=O) groups is 1. The monoisotopic (exact) mass is 421 g/mol. The van der Waals surface area contributed by atoms with Crippen LogP contribution in [-0.2, 0) is 0 Å². The molecule has 0 unspecified atom stereocenters. The molecule has 0 aliphatic carbocycles. The number of nitrogens with zero attached hydrogens (tertiary/aromatic N) is 3. The maximum Gasteiger partial charge on any atom is 0.253 e. The highest BCUT2D eigenvalue weighted by Gasteiger charge is 2.26. The molecule has 3 rings (SSSR count). The van der Waals surface area contributed by atoms with E-state index in [0.29, 0.717) is 28.3 Å². The number of aryl methyl sites for hydroxylation is 2. The second-order valence-corrected chi connectivity index (χ2v) is 13.1. The molecule has 1 aromatic carbocycles. The molecular weight excluding hydrogens is 394 g/mol. The number of fused-ring (bicyclic) bond motifs is 1. The zero-order valence-corrected chi connectivity index (χ0v) is 19.5. The number of amides is 1. The third-order valence-electron chi connectivity index (χ3n) is 4.79. The number of benzene rings is 1. The number of ether oxygens (including phenoxy) is 1. The van der Waals surface area contributed by atoms with Gasteiger partial charge in [0.05, 0.1) is 23.7 Å². The first kappa shape index (κ1) is 21.4. The number of methoxy groups -OCH3 is 1. The molecule has 0 spiro atoms. The molecule has 0 aliphatic heterocycles. The van der Waals surface area contributed by atoms with Crippen LogP contribution in [0.25, 0.3) is 16.7 Å². The first-order valence-electron chi connectivity index (χ1n) is 9.62. The number of hydrogen-bond donors (Lipinski definition) is 2. The van der Waals surface area contributed by atoms with Gasteiger partial charge in [0.1, 0.15) is 31.2 Å². The SMILES string of the molecule is COc1ccc(C)c(-n2c(N)c(C(N)=O)c3c(C#C[Si](C)(C)C)nc(C)nc32)c1C. The Kier molecular flexibility index (Phi) is 5.35. The molecule has 30 heavy (non-hydrogen) atoms. The predicted octanol–water partition coefficient (Wildman–Crippen LogP) is 3.26. The molecule has 7 nitrogen and oxygen atoms in total. The summed E-state index contributed by atoms with van der Waals surface area (Å²) in [6.45, 7) is 12.1. The van der Waals surface area contributed by atoms with Crippen LogP contribution in [0.5, 0.6) is 5.75 Å². The summed E-state index contributed by atoms with van der Waals surface area (Å²) in [6.07, 6.45) is 0. The topological polar surface area (TPSA) is 109 Å². The molecule has 0 aliphatic rings. The molecule has 0 radical (unpaired) electrons. The van der Waals surface area contributed by atoms with Crippen molar-refractivity contribution in [1.29, 1.82) is 0 Å². The minimum Gasteiger partial charge on any atom is -0.496 e. The smallest absolute Gasteiger partial charge is 0.253 e. The van der Waals surface area contributed by atoms with Crippen LogP contribution in [0.15, 0.2) is 12.1 Å². The van der Waals surface area contributed by atoms with Crippen molar-refractivity contribution in [3.05, 3.63) is 40.3 Å². The lowest BCUT2D eigenvalue weighted by atomic mass is 10.1. The molecule has 0 atom stereocenters. The Morgan fingerprint density at radius 2 is 1.83 bits per heavy atom. The van der Waals surface area contributed by atoms with Gasteiger partial charge in [-0.05, 0) is 32.4 Å². The molecular formula is C22H27N5O2Si. The fraction of sp³-hybridized carbons (Fsp3) is 0.318. The van der Waals surface area contributed by atoms with Crippen LogP contribution >= 0.6 is 0 Å². The molecule has 3 aromatic rings. The van der Waals surface area contributed by atoms with Crippen LogP contribution in [-0.4, -0.2) is 35.6 Å². The molecule has 2 aromatic heterocycles. The summed E-state index contributed by atoms with van der Waals surface area (Å²) in [5.74, 6) is 3.99. The summed E-state index contributed by atoms with van der Waals surface area (Å²) in [6, 6.07) is 3.84. The van der Waals surface area contributed by atoms with Gasteiger partial charge in [-0.25, -0.2) is 9.97 Å². The van der Waals surface area contributed by atoms with Crippen LogP contribution in [0, 0.1) is 32.2 Å². The average molecular weight is 422 g/mol. The first-order chi connectivity index (χ1) is 14.0. The van der Waals surface area contributed by atoms with Gasteiger partial charge in [-0.15, -0.1) is 5.54 Å². The van der Waals surface area contributed by atoms with Gasteiger partial charge in [0.15, 0.2) is 5.65 Å². The van der Waals surface area contributed by atoms with Crippen molar-refractivity contribution >= 4 is 30.8 Å². The number of nitrogens with two attached hydrogens (primary N) is 2. The number of aromatic nitrogens is 3.